The minimum atomic E-state index is -0.343. The molecule has 0 unspecified atom stereocenters. The van der Waals surface area contributed by atoms with Crippen molar-refractivity contribution in [3.05, 3.63) is 54.7 Å². The monoisotopic (exact) mass is 381 g/mol. The molecule has 28 heavy (non-hydrogen) atoms. The van der Waals surface area contributed by atoms with Gasteiger partial charge < -0.3 is 19.1 Å². The van der Waals surface area contributed by atoms with E-state index in [-0.39, 0.29) is 11.8 Å². The number of hydrogen-bond acceptors (Lipinski definition) is 6. The Morgan fingerprint density at radius 3 is 2.61 bits per heavy atom. The molecule has 0 spiro atoms. The molecule has 0 saturated carbocycles. The molecule has 1 amide bonds. The van der Waals surface area contributed by atoms with Crippen LogP contribution in [0, 0.1) is 0 Å². The van der Waals surface area contributed by atoms with Gasteiger partial charge in [0, 0.05) is 43.3 Å². The molecule has 146 valence electrons. The van der Waals surface area contributed by atoms with E-state index in [0.717, 1.165) is 50.5 Å². The molecule has 1 fully saturated rings. The van der Waals surface area contributed by atoms with Gasteiger partial charge in [-0.25, -0.2) is 0 Å². The summed E-state index contributed by atoms with van der Waals surface area (Å²) in [5.74, 6) is 0.0399. The van der Waals surface area contributed by atoms with Crippen molar-refractivity contribution in [2.75, 3.05) is 39.4 Å². The van der Waals surface area contributed by atoms with Gasteiger partial charge in [-0.1, -0.05) is 5.16 Å². The van der Waals surface area contributed by atoms with Crippen LogP contribution >= 0.6 is 0 Å². The van der Waals surface area contributed by atoms with E-state index in [4.69, 9.17) is 9.26 Å². The van der Waals surface area contributed by atoms with Gasteiger partial charge in [0.05, 0.1) is 13.2 Å². The molecule has 0 atom stereocenters. The maximum Gasteiger partial charge on any atom is 0.316 e. The molecule has 0 bridgehead atoms. The quantitative estimate of drug-likeness (QED) is 0.630. The third-order valence-electron chi connectivity index (χ3n) is 4.69. The molecule has 2 aromatic heterocycles. The van der Waals surface area contributed by atoms with Crippen LogP contribution in [0.4, 0.5) is 0 Å². The van der Waals surface area contributed by atoms with E-state index in [2.05, 4.69) is 20.4 Å². The first kappa shape index (κ1) is 18.4. The largest absolute Gasteiger partial charge is 0.379 e. The number of nitrogens with one attached hydrogen (secondary N) is 1. The summed E-state index contributed by atoms with van der Waals surface area (Å²) in [6.07, 6.45) is 4.82. The fourth-order valence-corrected chi connectivity index (χ4v) is 3.13. The summed E-state index contributed by atoms with van der Waals surface area (Å²) in [6, 6.07) is 11.7. The predicted octanol–water partition coefficient (Wildman–Crippen LogP) is 1.98. The number of aromatic nitrogens is 3. The second kappa shape index (κ2) is 8.81. The fraction of sp³-hybridized carbons (Fsp3) is 0.350. The molecule has 8 heteroatoms. The molecule has 1 saturated heterocycles. The molecule has 1 N–H and O–H groups in total. The zero-order chi connectivity index (χ0) is 19.2. The third kappa shape index (κ3) is 4.47. The highest BCUT2D eigenvalue weighted by Gasteiger charge is 2.16. The SMILES string of the molecule is O=C(NCCCN1CCOCC1)c1nc(-c2ccc(-n3cccc3)cc2)no1. The van der Waals surface area contributed by atoms with Crippen LogP contribution in [-0.2, 0) is 4.74 Å². The summed E-state index contributed by atoms with van der Waals surface area (Å²) in [5, 5.41) is 6.76. The Morgan fingerprint density at radius 2 is 1.86 bits per heavy atom. The number of hydrogen-bond donors (Lipinski definition) is 1. The number of benzene rings is 1. The Labute approximate surface area is 163 Å². The van der Waals surface area contributed by atoms with Crippen molar-refractivity contribution in [3.8, 4) is 17.1 Å². The maximum absolute atomic E-state index is 12.2. The molecule has 0 radical (unpaired) electrons. The number of rotatable bonds is 7. The minimum Gasteiger partial charge on any atom is -0.379 e. The average Bonchev–Trinajstić information content (AvgIpc) is 3.44. The highest BCUT2D eigenvalue weighted by atomic mass is 16.5. The summed E-state index contributed by atoms with van der Waals surface area (Å²) in [4.78, 5) is 18.8. The van der Waals surface area contributed by atoms with Gasteiger partial charge in [0.1, 0.15) is 0 Å². The smallest absolute Gasteiger partial charge is 0.316 e. The van der Waals surface area contributed by atoms with Crippen molar-refractivity contribution in [1.29, 1.82) is 0 Å². The van der Waals surface area contributed by atoms with Crippen LogP contribution in [0.25, 0.3) is 17.1 Å². The van der Waals surface area contributed by atoms with Gasteiger partial charge in [-0.05, 0) is 49.4 Å². The van der Waals surface area contributed by atoms with E-state index in [9.17, 15) is 4.79 Å². The second-order valence-corrected chi connectivity index (χ2v) is 6.62. The molecule has 1 aromatic carbocycles. The van der Waals surface area contributed by atoms with E-state index in [1.165, 1.54) is 0 Å². The van der Waals surface area contributed by atoms with E-state index >= 15 is 0 Å². The highest BCUT2D eigenvalue weighted by molar-refractivity contribution is 5.89. The van der Waals surface area contributed by atoms with E-state index in [1.54, 1.807) is 0 Å². The molecule has 1 aliphatic rings. The van der Waals surface area contributed by atoms with Gasteiger partial charge in [-0.15, -0.1) is 0 Å². The molecular weight excluding hydrogens is 358 g/mol. The van der Waals surface area contributed by atoms with Crippen molar-refractivity contribution in [1.82, 2.24) is 24.9 Å². The summed E-state index contributed by atoms with van der Waals surface area (Å²) in [6.45, 7) is 4.97. The summed E-state index contributed by atoms with van der Waals surface area (Å²) in [5.41, 5.74) is 1.83. The molecule has 3 heterocycles. The molecular formula is C20H23N5O3. The Morgan fingerprint density at radius 1 is 1.11 bits per heavy atom. The molecule has 4 rings (SSSR count). The van der Waals surface area contributed by atoms with Gasteiger partial charge in [0.2, 0.25) is 5.82 Å². The molecule has 0 aliphatic carbocycles. The van der Waals surface area contributed by atoms with Gasteiger partial charge in [-0.3, -0.25) is 9.69 Å². The van der Waals surface area contributed by atoms with Crippen LogP contribution in [0.5, 0.6) is 0 Å². The summed E-state index contributed by atoms with van der Waals surface area (Å²) < 4.78 is 12.5. The van der Waals surface area contributed by atoms with Gasteiger partial charge >= 0.3 is 11.8 Å². The van der Waals surface area contributed by atoms with Crippen molar-refractivity contribution in [3.63, 3.8) is 0 Å². The number of morpholine rings is 1. The maximum atomic E-state index is 12.2. The van der Waals surface area contributed by atoms with Crippen molar-refractivity contribution in [2.45, 2.75) is 6.42 Å². The highest BCUT2D eigenvalue weighted by Crippen LogP contribution is 2.18. The Kier molecular flexibility index (Phi) is 5.79. The van der Waals surface area contributed by atoms with E-state index < -0.39 is 0 Å². The van der Waals surface area contributed by atoms with Crippen molar-refractivity contribution in [2.24, 2.45) is 0 Å². The van der Waals surface area contributed by atoms with Gasteiger partial charge in [0.15, 0.2) is 0 Å². The standard InChI is InChI=1S/C20H23N5O3/c26-19(21-8-3-9-24-12-14-27-15-13-24)20-22-18(23-28-20)16-4-6-17(7-5-16)25-10-1-2-11-25/h1-2,4-7,10-11H,3,8-9,12-15H2,(H,21,26). The first-order chi connectivity index (χ1) is 13.8. The molecule has 3 aromatic rings. The average molecular weight is 381 g/mol. The first-order valence-corrected chi connectivity index (χ1v) is 9.45. The summed E-state index contributed by atoms with van der Waals surface area (Å²) >= 11 is 0. The Balaban J connectivity index is 1.29. The first-order valence-electron chi connectivity index (χ1n) is 9.45. The minimum absolute atomic E-state index is 0.0177. The number of ether oxygens (including phenoxy) is 1. The zero-order valence-electron chi connectivity index (χ0n) is 15.6. The Hall–Kier alpha value is -2.97. The van der Waals surface area contributed by atoms with Crippen LogP contribution < -0.4 is 5.32 Å². The van der Waals surface area contributed by atoms with Crippen molar-refractivity contribution >= 4 is 5.91 Å². The lowest BCUT2D eigenvalue weighted by Gasteiger charge is -2.26. The topological polar surface area (TPSA) is 85.4 Å². The number of carbonyl (C=O) groups excluding carboxylic acids is 1. The number of amides is 1. The lowest BCUT2D eigenvalue weighted by Crippen LogP contribution is -2.38. The molecule has 8 nitrogen and oxygen atoms in total. The van der Waals surface area contributed by atoms with Crippen LogP contribution in [0.1, 0.15) is 17.1 Å². The van der Waals surface area contributed by atoms with Gasteiger partial charge in [-0.2, -0.15) is 4.98 Å². The third-order valence-corrected chi connectivity index (χ3v) is 4.69. The van der Waals surface area contributed by atoms with E-state index in [0.29, 0.717) is 12.4 Å². The zero-order valence-corrected chi connectivity index (χ0v) is 15.6. The predicted molar refractivity (Wildman–Crippen MR) is 103 cm³/mol. The lowest BCUT2D eigenvalue weighted by atomic mass is 10.2. The van der Waals surface area contributed by atoms with Crippen LogP contribution in [0.15, 0.2) is 53.3 Å². The van der Waals surface area contributed by atoms with Crippen LogP contribution in [-0.4, -0.2) is 64.9 Å². The van der Waals surface area contributed by atoms with Crippen LogP contribution in [0.3, 0.4) is 0 Å². The number of nitrogens with zero attached hydrogens (tertiary/aromatic N) is 4. The van der Waals surface area contributed by atoms with Gasteiger partial charge in [0.25, 0.3) is 0 Å². The fourth-order valence-electron chi connectivity index (χ4n) is 3.13. The van der Waals surface area contributed by atoms with Crippen molar-refractivity contribution < 1.29 is 14.1 Å². The normalized spacial score (nSPS) is 14.9. The van der Waals surface area contributed by atoms with Crippen LogP contribution in [0.2, 0.25) is 0 Å². The lowest BCUT2D eigenvalue weighted by molar-refractivity contribution is 0.0374. The number of carbonyl (C=O) groups is 1. The summed E-state index contributed by atoms with van der Waals surface area (Å²) in [7, 11) is 0. The molecule has 1 aliphatic heterocycles. The Bertz CT molecular complexity index is 883. The van der Waals surface area contributed by atoms with E-state index in [1.807, 2.05) is 53.4 Å². The second-order valence-electron chi connectivity index (χ2n) is 6.62.